The number of hydrogen-bond acceptors (Lipinski definition) is 6. The maximum Gasteiger partial charge on any atom is 0.311 e. The Labute approximate surface area is 188 Å². The van der Waals surface area contributed by atoms with Gasteiger partial charge in [0, 0.05) is 17.2 Å². The number of nitrogens with one attached hydrogen (secondary N) is 1. The van der Waals surface area contributed by atoms with E-state index in [1.807, 2.05) is 6.07 Å². The van der Waals surface area contributed by atoms with Gasteiger partial charge in [0.15, 0.2) is 0 Å². The number of carbonyl (C=O) groups is 2. The third-order valence-corrected chi connectivity index (χ3v) is 4.94. The van der Waals surface area contributed by atoms with Gasteiger partial charge in [0.2, 0.25) is 5.75 Å². The molecule has 33 heavy (non-hydrogen) atoms. The van der Waals surface area contributed by atoms with Crippen LogP contribution >= 0.6 is 0 Å². The molecule has 0 bridgehead atoms. The molecule has 9 heteroatoms. The molecule has 1 aliphatic rings. The molecule has 0 radical (unpaired) electrons. The highest BCUT2D eigenvalue weighted by Crippen LogP contribution is 2.34. The quantitative estimate of drug-likeness (QED) is 0.271. The molecular formula is C24H16N4O5. The lowest BCUT2D eigenvalue weighted by molar-refractivity contribution is -0.386. The van der Waals surface area contributed by atoms with Crippen LogP contribution in [0.4, 0.5) is 11.4 Å². The topological polar surface area (TPSA) is 126 Å². The van der Waals surface area contributed by atoms with Crippen molar-refractivity contribution in [1.29, 1.82) is 5.26 Å². The normalized spacial score (nSPS) is 14.2. The standard InChI is InChI=1S/C24H16N4O5/c25-14-17-7-4-5-8-18(17)15-33-22-16(9-6-12-21(22)28(31)32)13-20-23(29)26-27(24(20)30)19-10-2-1-3-11-19/h1-13H,15H2,(H,26,29)/b20-13-. The molecule has 1 aliphatic heterocycles. The number of rotatable bonds is 6. The lowest BCUT2D eigenvalue weighted by Gasteiger charge is -2.14. The number of nitro benzene ring substituents is 1. The van der Waals surface area contributed by atoms with Crippen LogP contribution in [-0.4, -0.2) is 16.7 Å². The average molecular weight is 440 g/mol. The smallest absolute Gasteiger partial charge is 0.311 e. The number of hydrogen-bond donors (Lipinski definition) is 1. The van der Waals surface area contributed by atoms with E-state index < -0.39 is 16.7 Å². The van der Waals surface area contributed by atoms with Crippen molar-refractivity contribution in [2.45, 2.75) is 6.61 Å². The van der Waals surface area contributed by atoms with E-state index in [0.29, 0.717) is 16.8 Å². The lowest BCUT2D eigenvalue weighted by atomic mass is 10.1. The molecule has 0 saturated carbocycles. The maximum atomic E-state index is 12.9. The Morgan fingerprint density at radius 3 is 2.48 bits per heavy atom. The highest BCUT2D eigenvalue weighted by molar-refractivity contribution is 6.31. The predicted molar refractivity (Wildman–Crippen MR) is 119 cm³/mol. The van der Waals surface area contributed by atoms with E-state index in [1.54, 1.807) is 54.6 Å². The number of carbonyl (C=O) groups excluding carboxylic acids is 2. The first-order chi connectivity index (χ1) is 16.0. The number of hydrazine groups is 1. The minimum Gasteiger partial charge on any atom is -0.481 e. The molecule has 1 N–H and O–H groups in total. The van der Waals surface area contributed by atoms with E-state index in [-0.39, 0.29) is 29.2 Å². The van der Waals surface area contributed by atoms with Crippen molar-refractivity contribution in [2.75, 3.05) is 5.01 Å². The molecule has 3 aromatic rings. The third-order valence-electron chi connectivity index (χ3n) is 4.94. The van der Waals surface area contributed by atoms with Gasteiger partial charge in [-0.15, -0.1) is 0 Å². The van der Waals surface area contributed by atoms with Crippen LogP contribution in [0.15, 0.2) is 78.4 Å². The summed E-state index contributed by atoms with van der Waals surface area (Å²) >= 11 is 0. The third kappa shape index (κ3) is 4.26. The number of benzene rings is 3. The summed E-state index contributed by atoms with van der Waals surface area (Å²) < 4.78 is 5.76. The molecule has 0 spiro atoms. The van der Waals surface area contributed by atoms with Crippen LogP contribution in [0, 0.1) is 21.4 Å². The van der Waals surface area contributed by atoms with Crippen LogP contribution in [0.1, 0.15) is 16.7 Å². The van der Waals surface area contributed by atoms with E-state index in [0.717, 1.165) is 5.01 Å². The van der Waals surface area contributed by atoms with E-state index in [4.69, 9.17) is 4.74 Å². The summed E-state index contributed by atoms with van der Waals surface area (Å²) in [4.78, 5) is 36.4. The van der Waals surface area contributed by atoms with Crippen molar-refractivity contribution in [3.05, 3.63) is 105 Å². The highest BCUT2D eigenvalue weighted by atomic mass is 16.6. The van der Waals surface area contributed by atoms with Gasteiger partial charge in [0.05, 0.1) is 22.2 Å². The van der Waals surface area contributed by atoms with E-state index in [2.05, 4.69) is 5.43 Å². The molecule has 0 unspecified atom stereocenters. The number of nitro groups is 1. The maximum absolute atomic E-state index is 12.9. The minimum atomic E-state index is -0.642. The van der Waals surface area contributed by atoms with Crippen molar-refractivity contribution in [2.24, 2.45) is 0 Å². The monoisotopic (exact) mass is 440 g/mol. The minimum absolute atomic E-state index is 0.110. The molecule has 4 rings (SSSR count). The summed E-state index contributed by atoms with van der Waals surface area (Å²) in [7, 11) is 0. The van der Waals surface area contributed by atoms with E-state index >= 15 is 0 Å². The summed E-state index contributed by atoms with van der Waals surface area (Å²) in [5.74, 6) is -1.35. The zero-order valence-corrected chi connectivity index (χ0v) is 17.1. The Balaban J connectivity index is 1.71. The van der Waals surface area contributed by atoms with Gasteiger partial charge in [-0.25, -0.2) is 5.01 Å². The Kier molecular flexibility index (Phi) is 5.82. The molecule has 2 amide bonds. The van der Waals surface area contributed by atoms with Crippen LogP contribution in [-0.2, 0) is 16.2 Å². The van der Waals surface area contributed by atoms with Crippen LogP contribution in [0.2, 0.25) is 0 Å². The lowest BCUT2D eigenvalue weighted by Crippen LogP contribution is -2.35. The zero-order chi connectivity index (χ0) is 23.4. The summed E-state index contributed by atoms with van der Waals surface area (Å²) in [5, 5.41) is 22.0. The Morgan fingerprint density at radius 2 is 1.76 bits per heavy atom. The number of nitriles is 1. The van der Waals surface area contributed by atoms with Gasteiger partial charge in [-0.3, -0.25) is 25.1 Å². The number of amides is 2. The van der Waals surface area contributed by atoms with Gasteiger partial charge < -0.3 is 4.74 Å². The summed E-state index contributed by atoms with van der Waals surface area (Å²) in [5.41, 5.74) is 3.54. The van der Waals surface area contributed by atoms with Gasteiger partial charge in [-0.1, -0.05) is 48.5 Å². The van der Waals surface area contributed by atoms with Crippen molar-refractivity contribution in [3.8, 4) is 11.8 Å². The molecular weight excluding hydrogens is 424 g/mol. The fourth-order valence-corrected chi connectivity index (χ4v) is 3.33. The molecule has 1 heterocycles. The van der Waals surface area contributed by atoms with Crippen LogP contribution in [0.5, 0.6) is 5.75 Å². The molecule has 0 atom stereocenters. The van der Waals surface area contributed by atoms with Gasteiger partial charge in [0.1, 0.15) is 12.2 Å². The SMILES string of the molecule is N#Cc1ccccc1COc1c(/C=C2/C(=O)NN(c3ccccc3)C2=O)cccc1[N+](=O)[O-]. The zero-order valence-electron chi connectivity index (χ0n) is 17.1. The largest absolute Gasteiger partial charge is 0.481 e. The second-order valence-corrected chi connectivity index (χ2v) is 6.99. The molecule has 0 aromatic heterocycles. The molecule has 1 saturated heterocycles. The van der Waals surface area contributed by atoms with Crippen molar-refractivity contribution in [1.82, 2.24) is 5.43 Å². The van der Waals surface area contributed by atoms with Gasteiger partial charge >= 0.3 is 5.69 Å². The number of nitrogens with zero attached hydrogens (tertiary/aromatic N) is 3. The Hall–Kier alpha value is -4.97. The first-order valence-corrected chi connectivity index (χ1v) is 9.80. The van der Waals surface area contributed by atoms with Crippen molar-refractivity contribution in [3.63, 3.8) is 0 Å². The van der Waals surface area contributed by atoms with Crippen LogP contribution in [0.25, 0.3) is 6.08 Å². The summed E-state index contributed by atoms with van der Waals surface area (Å²) in [6.07, 6.45) is 1.26. The molecule has 0 aliphatic carbocycles. The molecule has 162 valence electrons. The second-order valence-electron chi connectivity index (χ2n) is 6.99. The second kappa shape index (κ2) is 9.03. The van der Waals surface area contributed by atoms with Gasteiger partial charge in [-0.05, 0) is 24.3 Å². The number of para-hydroxylation sites is 2. The highest BCUT2D eigenvalue weighted by Gasteiger charge is 2.35. The fraction of sp³-hybridized carbons (Fsp3) is 0.0417. The first-order valence-electron chi connectivity index (χ1n) is 9.80. The molecule has 1 fully saturated rings. The summed E-state index contributed by atoms with van der Waals surface area (Å²) in [6.45, 7) is -0.110. The van der Waals surface area contributed by atoms with Crippen molar-refractivity contribution < 1.29 is 19.2 Å². The number of ether oxygens (including phenoxy) is 1. The van der Waals surface area contributed by atoms with Gasteiger partial charge in [0.25, 0.3) is 11.8 Å². The Morgan fingerprint density at radius 1 is 1.03 bits per heavy atom. The Bertz CT molecular complexity index is 1330. The molecule has 3 aromatic carbocycles. The average Bonchev–Trinajstić information content (AvgIpc) is 3.12. The predicted octanol–water partition coefficient (Wildman–Crippen LogP) is 3.51. The van der Waals surface area contributed by atoms with Crippen molar-refractivity contribution >= 4 is 29.3 Å². The van der Waals surface area contributed by atoms with Crippen LogP contribution < -0.4 is 15.2 Å². The van der Waals surface area contributed by atoms with E-state index in [9.17, 15) is 25.0 Å². The van der Waals surface area contributed by atoms with E-state index in [1.165, 1.54) is 24.3 Å². The van der Waals surface area contributed by atoms with Crippen LogP contribution in [0.3, 0.4) is 0 Å². The van der Waals surface area contributed by atoms with Gasteiger partial charge in [-0.2, -0.15) is 5.26 Å². The molecule has 9 nitrogen and oxygen atoms in total. The fourth-order valence-electron chi connectivity index (χ4n) is 3.33. The number of anilines is 1. The first kappa shape index (κ1) is 21.3. The summed E-state index contributed by atoms with van der Waals surface area (Å²) in [6, 6.07) is 21.5.